The maximum Gasteiger partial charge on any atom is 2.00 e. The van der Waals surface area contributed by atoms with Gasteiger partial charge in [-0.1, -0.05) is 60.7 Å². The molecule has 0 atom stereocenters. The molecular formula is C44H44CuN10O4S2+4. The minimum atomic E-state index is 0. The Morgan fingerprint density at radius 2 is 0.902 bits per heavy atom. The minimum absolute atomic E-state index is 0. The molecule has 0 aromatic heterocycles. The second-order valence-corrected chi connectivity index (χ2v) is 13.5. The van der Waals surface area contributed by atoms with E-state index in [2.05, 4.69) is 76.6 Å². The molecule has 0 fully saturated rings. The van der Waals surface area contributed by atoms with E-state index in [1.54, 1.807) is 24.3 Å². The van der Waals surface area contributed by atoms with Gasteiger partial charge in [-0.25, -0.2) is 0 Å². The summed E-state index contributed by atoms with van der Waals surface area (Å²) in [7, 11) is 3.00. The van der Waals surface area contributed by atoms with Crippen molar-refractivity contribution in [2.24, 2.45) is 30.7 Å². The Balaban J connectivity index is 0.000000264. The third kappa shape index (κ3) is 15.3. The maximum atomic E-state index is 8.26. The Labute approximate surface area is 375 Å². The molecule has 0 aliphatic carbocycles. The van der Waals surface area contributed by atoms with E-state index in [-0.39, 0.29) is 28.6 Å². The summed E-state index contributed by atoms with van der Waals surface area (Å²) in [6.07, 6.45) is 2.92. The molecule has 6 rings (SSSR count). The van der Waals surface area contributed by atoms with Crippen LogP contribution < -0.4 is 20.1 Å². The summed E-state index contributed by atoms with van der Waals surface area (Å²) in [4.78, 5) is 0. The van der Waals surface area contributed by atoms with Gasteiger partial charge in [-0.3, -0.25) is 0 Å². The normalized spacial score (nSPS) is 10.8. The molecule has 14 nitrogen and oxygen atoms in total. The molecule has 0 spiro atoms. The number of anilines is 2. The fraction of sp³-hybridized carbons (Fsp3) is 0.0909. The smallest absolute Gasteiger partial charge is 0.590 e. The Bertz CT molecular complexity index is 2350. The molecule has 17 heteroatoms. The summed E-state index contributed by atoms with van der Waals surface area (Å²) in [5.74, 6) is 1.10. The number of methoxy groups -OCH3 is 2. The van der Waals surface area contributed by atoms with Crippen LogP contribution in [0.2, 0.25) is 0 Å². The predicted octanol–water partition coefficient (Wildman–Crippen LogP) is 10.1. The first-order valence-corrected chi connectivity index (χ1v) is 19.1. The minimum Gasteiger partial charge on any atom is -0.590 e. The third-order valence-electron chi connectivity index (χ3n) is 8.00. The van der Waals surface area contributed by atoms with Crippen molar-refractivity contribution >= 4 is 81.2 Å². The number of benzene rings is 6. The summed E-state index contributed by atoms with van der Waals surface area (Å²) in [6, 6.07) is 41.1. The van der Waals surface area contributed by atoms with Crippen molar-refractivity contribution < 1.29 is 36.8 Å². The van der Waals surface area contributed by atoms with E-state index in [4.69, 9.17) is 19.7 Å². The Morgan fingerprint density at radius 3 is 1.26 bits per heavy atom. The van der Waals surface area contributed by atoms with Gasteiger partial charge in [0.15, 0.2) is 24.4 Å². The number of rotatable bonds is 12. The maximum absolute atomic E-state index is 8.26. The SMILES string of the molecule is COc1cc(N=Nc2ccccc2)cc(C=N[N-]C(=[SH+])Nc2cccc(C)c2)c1[OH2+].COc1cc(N=Nc2ccccc2)cc(C=N[N-]C(=[SH+])Nc2cccc(C)c2)c1[OH2+].[Cu+2]. The molecular weight excluding hydrogens is 860 g/mol. The van der Waals surface area contributed by atoms with E-state index >= 15 is 0 Å². The van der Waals surface area contributed by atoms with Gasteiger partial charge in [0.25, 0.3) is 0 Å². The van der Waals surface area contributed by atoms with E-state index in [0.29, 0.717) is 44.2 Å². The van der Waals surface area contributed by atoms with Crippen LogP contribution >= 0.6 is 0 Å². The van der Waals surface area contributed by atoms with Crippen molar-refractivity contribution in [1.29, 1.82) is 0 Å². The monoisotopic (exact) mass is 903 g/mol. The van der Waals surface area contributed by atoms with Crippen molar-refractivity contribution in [3.8, 4) is 23.0 Å². The van der Waals surface area contributed by atoms with E-state index in [1.165, 1.54) is 26.6 Å². The van der Waals surface area contributed by atoms with Crippen LogP contribution in [-0.2, 0) is 41.5 Å². The molecule has 0 saturated heterocycles. The number of hydrogen-bond donors (Lipinski definition) is 2. The van der Waals surface area contributed by atoms with Gasteiger partial charge in [0.2, 0.25) is 21.7 Å². The number of aryl methyl sites for hydroxylation is 2. The molecule has 61 heavy (non-hydrogen) atoms. The standard InChI is InChI=1S/2C22H21N5O2S.Cu/c2*1-15-7-6-10-18(11-15)24-22(30)27-23-14-16-12-19(13-20(29-2)21(16)28)26-25-17-8-4-3-5-9-17;/h2*3-14H,1-2H3,(H3,23,24,25,26,27,28,30);/q;;+2/p+2. The molecule has 313 valence electrons. The molecule has 0 aliphatic heterocycles. The predicted molar refractivity (Wildman–Crippen MR) is 252 cm³/mol. The fourth-order valence-electron chi connectivity index (χ4n) is 5.15. The van der Waals surface area contributed by atoms with Crippen molar-refractivity contribution in [2.45, 2.75) is 13.8 Å². The van der Waals surface area contributed by atoms with Gasteiger partial charge in [0.1, 0.15) is 0 Å². The van der Waals surface area contributed by atoms with Crippen LogP contribution in [0.3, 0.4) is 0 Å². The van der Waals surface area contributed by atoms with Crippen molar-refractivity contribution in [3.63, 3.8) is 0 Å². The average molecular weight is 905 g/mol. The first kappa shape index (κ1) is 46.6. The topological polar surface area (TPSA) is 191 Å². The van der Waals surface area contributed by atoms with Crippen LogP contribution in [0, 0.1) is 13.8 Å². The summed E-state index contributed by atoms with van der Waals surface area (Å²) in [5.41, 5.74) is 15.6. The van der Waals surface area contributed by atoms with Gasteiger partial charge < -0.3 is 51.4 Å². The Hall–Kier alpha value is -7.04. The van der Waals surface area contributed by atoms with Crippen LogP contribution in [0.5, 0.6) is 23.0 Å². The van der Waals surface area contributed by atoms with Crippen LogP contribution in [0.25, 0.3) is 10.9 Å². The molecule has 0 amide bonds. The quantitative estimate of drug-likeness (QED) is 0.0235. The Morgan fingerprint density at radius 1 is 0.525 bits per heavy atom. The number of ether oxygens (including phenoxy) is 2. The zero-order chi connectivity index (χ0) is 42.7. The number of nitrogens with zero attached hydrogens (tertiary/aromatic N) is 8. The van der Waals surface area contributed by atoms with Gasteiger partial charge in [-0.05, 0) is 85.6 Å². The number of azo groups is 2. The van der Waals surface area contributed by atoms with Gasteiger partial charge in [-0.15, -0.1) is 0 Å². The number of thiol groups is 2. The molecule has 0 heterocycles. The van der Waals surface area contributed by atoms with Gasteiger partial charge in [0, 0.05) is 35.9 Å². The molecule has 0 saturated carbocycles. The summed E-state index contributed by atoms with van der Waals surface area (Å²) in [5, 5.41) is 48.2. The van der Waals surface area contributed by atoms with E-state index in [0.717, 1.165) is 33.9 Å². The number of hydrogen-bond acceptors (Lipinski definition) is 8. The summed E-state index contributed by atoms with van der Waals surface area (Å²) in [6.45, 7) is 4.01. The van der Waals surface area contributed by atoms with Crippen LogP contribution in [-0.4, -0.2) is 47.1 Å². The second kappa shape index (κ2) is 24.1. The second-order valence-electron chi connectivity index (χ2n) is 12.6. The molecule has 0 bridgehead atoms. The zero-order valence-corrected chi connectivity index (χ0v) is 36.2. The van der Waals surface area contributed by atoms with Crippen molar-refractivity contribution in [1.82, 2.24) is 0 Å². The summed E-state index contributed by atoms with van der Waals surface area (Å²) < 4.78 is 10.6. The first-order chi connectivity index (χ1) is 29.1. The van der Waals surface area contributed by atoms with Gasteiger partial charge in [-0.2, -0.15) is 20.5 Å². The van der Waals surface area contributed by atoms with Gasteiger partial charge in [0.05, 0.1) is 48.1 Å². The van der Waals surface area contributed by atoms with E-state index in [1.807, 2.05) is 123 Å². The average Bonchev–Trinajstić information content (AvgIpc) is 3.24. The molecule has 6 aromatic carbocycles. The molecule has 6 N–H and O–H groups in total. The van der Waals surface area contributed by atoms with Gasteiger partial charge >= 0.3 is 28.6 Å². The van der Waals surface area contributed by atoms with Crippen LogP contribution in [0.15, 0.2) is 164 Å². The largest absolute Gasteiger partial charge is 2.00 e. The third-order valence-corrected chi connectivity index (χ3v) is 8.40. The van der Waals surface area contributed by atoms with E-state index < -0.39 is 0 Å². The Kier molecular flexibility index (Phi) is 18.5. The molecule has 0 unspecified atom stereocenters. The van der Waals surface area contributed by atoms with Crippen molar-refractivity contribution in [3.05, 3.63) is 167 Å². The number of nitrogens with one attached hydrogen (secondary N) is 2. The fourth-order valence-corrected chi connectivity index (χ4v) is 5.51. The zero-order valence-electron chi connectivity index (χ0n) is 33.4. The molecule has 0 aliphatic rings. The van der Waals surface area contributed by atoms with Crippen molar-refractivity contribution in [2.75, 3.05) is 24.9 Å². The van der Waals surface area contributed by atoms with Crippen LogP contribution in [0.4, 0.5) is 34.1 Å². The first-order valence-electron chi connectivity index (χ1n) is 18.2. The molecule has 1 radical (unpaired) electrons. The summed E-state index contributed by atoms with van der Waals surface area (Å²) >= 11 is 8.60. The van der Waals surface area contributed by atoms with Crippen LogP contribution in [0.1, 0.15) is 22.3 Å². The molecule has 6 aromatic rings. The van der Waals surface area contributed by atoms with E-state index in [9.17, 15) is 0 Å².